The number of hydrogen-bond acceptors (Lipinski definition) is 6. The van der Waals surface area contributed by atoms with Gasteiger partial charge in [-0.2, -0.15) is 0 Å². The molecule has 7 nitrogen and oxygen atoms in total. The van der Waals surface area contributed by atoms with E-state index in [-0.39, 0.29) is 11.7 Å². The van der Waals surface area contributed by atoms with Crippen molar-refractivity contribution in [2.24, 2.45) is 0 Å². The van der Waals surface area contributed by atoms with Crippen molar-refractivity contribution < 1.29 is 14.3 Å². The maximum Gasteiger partial charge on any atom is 0.234 e. The summed E-state index contributed by atoms with van der Waals surface area (Å²) in [5, 5.41) is 12.1. The molecule has 0 aliphatic rings. The number of methoxy groups -OCH3 is 2. The maximum absolute atomic E-state index is 12.4. The highest BCUT2D eigenvalue weighted by atomic mass is 35.5. The predicted octanol–water partition coefficient (Wildman–Crippen LogP) is 3.98. The number of anilines is 1. The predicted molar refractivity (Wildman–Crippen MR) is 110 cm³/mol. The molecule has 3 rings (SSSR count). The van der Waals surface area contributed by atoms with Gasteiger partial charge in [0.15, 0.2) is 5.16 Å². The van der Waals surface area contributed by atoms with Crippen molar-refractivity contribution in [1.82, 2.24) is 14.8 Å². The van der Waals surface area contributed by atoms with Gasteiger partial charge in [0.1, 0.15) is 17.8 Å². The van der Waals surface area contributed by atoms with Crippen LogP contribution in [0.5, 0.6) is 11.5 Å². The fourth-order valence-corrected chi connectivity index (χ4v) is 3.36. The highest BCUT2D eigenvalue weighted by molar-refractivity contribution is 7.99. The number of carbonyl (C=O) groups is 1. The molecule has 0 radical (unpaired) electrons. The molecular formula is C19H19ClN4O3S. The standard InChI is InChI=1S/C19H19ClN4O3S/c1-12-4-5-13(8-15(12)20)24-11-21-23-19(24)28-10-18(25)22-16-9-14(26-2)6-7-17(16)27-3/h4-9,11H,10H2,1-3H3,(H,22,25). The van der Waals surface area contributed by atoms with Gasteiger partial charge in [0, 0.05) is 11.1 Å². The van der Waals surface area contributed by atoms with Crippen molar-refractivity contribution in [2.45, 2.75) is 12.1 Å². The number of thioether (sulfide) groups is 1. The van der Waals surface area contributed by atoms with Crippen molar-refractivity contribution in [3.63, 3.8) is 0 Å². The SMILES string of the molecule is COc1ccc(OC)c(NC(=O)CSc2nncn2-c2ccc(C)c(Cl)c2)c1. The summed E-state index contributed by atoms with van der Waals surface area (Å²) in [4.78, 5) is 12.4. The second-order valence-corrected chi connectivity index (χ2v) is 7.17. The van der Waals surface area contributed by atoms with Gasteiger partial charge in [0.2, 0.25) is 5.91 Å². The van der Waals surface area contributed by atoms with Crippen LogP contribution in [0, 0.1) is 6.92 Å². The van der Waals surface area contributed by atoms with E-state index >= 15 is 0 Å². The Morgan fingerprint density at radius 2 is 2.04 bits per heavy atom. The Labute approximate surface area is 172 Å². The van der Waals surface area contributed by atoms with E-state index in [0.717, 1.165) is 11.3 Å². The maximum atomic E-state index is 12.4. The quantitative estimate of drug-likeness (QED) is 0.585. The molecule has 1 N–H and O–H groups in total. The summed E-state index contributed by atoms with van der Waals surface area (Å²) < 4.78 is 12.3. The van der Waals surface area contributed by atoms with Crippen molar-refractivity contribution in [3.8, 4) is 17.2 Å². The van der Waals surface area contributed by atoms with Crippen LogP contribution in [0.2, 0.25) is 5.02 Å². The van der Waals surface area contributed by atoms with Gasteiger partial charge in [-0.15, -0.1) is 10.2 Å². The smallest absolute Gasteiger partial charge is 0.234 e. The zero-order valence-electron chi connectivity index (χ0n) is 15.6. The molecule has 3 aromatic rings. The Bertz CT molecular complexity index is 993. The van der Waals surface area contributed by atoms with Crippen molar-refractivity contribution in [1.29, 1.82) is 0 Å². The van der Waals surface area contributed by atoms with Crippen LogP contribution in [-0.4, -0.2) is 40.6 Å². The number of rotatable bonds is 7. The van der Waals surface area contributed by atoms with Crippen LogP contribution in [0.3, 0.4) is 0 Å². The number of nitrogens with one attached hydrogen (secondary N) is 1. The zero-order valence-corrected chi connectivity index (χ0v) is 17.2. The number of aryl methyl sites for hydroxylation is 1. The van der Waals surface area contributed by atoms with E-state index in [4.69, 9.17) is 21.1 Å². The van der Waals surface area contributed by atoms with E-state index in [1.807, 2.05) is 25.1 Å². The van der Waals surface area contributed by atoms with Crippen LogP contribution in [0.1, 0.15) is 5.56 Å². The number of benzene rings is 2. The minimum Gasteiger partial charge on any atom is -0.497 e. The topological polar surface area (TPSA) is 78.3 Å². The van der Waals surface area contributed by atoms with Crippen LogP contribution in [0.15, 0.2) is 47.9 Å². The monoisotopic (exact) mass is 418 g/mol. The molecule has 0 spiro atoms. The first-order valence-corrected chi connectivity index (χ1v) is 9.69. The molecule has 0 aliphatic heterocycles. The third-order valence-electron chi connectivity index (χ3n) is 3.96. The molecule has 0 atom stereocenters. The molecular weight excluding hydrogens is 400 g/mol. The molecule has 0 saturated heterocycles. The van der Waals surface area contributed by atoms with E-state index < -0.39 is 0 Å². The fourth-order valence-electron chi connectivity index (χ4n) is 2.46. The summed E-state index contributed by atoms with van der Waals surface area (Å²) in [6.45, 7) is 1.94. The van der Waals surface area contributed by atoms with E-state index in [1.54, 1.807) is 43.3 Å². The number of amides is 1. The minimum absolute atomic E-state index is 0.151. The number of ether oxygens (including phenoxy) is 2. The molecule has 0 bridgehead atoms. The van der Waals surface area contributed by atoms with Crippen LogP contribution in [0.4, 0.5) is 5.69 Å². The molecule has 0 fully saturated rings. The lowest BCUT2D eigenvalue weighted by molar-refractivity contribution is -0.113. The number of aromatic nitrogens is 3. The van der Waals surface area contributed by atoms with Crippen LogP contribution in [0.25, 0.3) is 5.69 Å². The first-order valence-electron chi connectivity index (χ1n) is 8.33. The Balaban J connectivity index is 1.69. The van der Waals surface area contributed by atoms with Gasteiger partial charge in [0.25, 0.3) is 0 Å². The van der Waals surface area contributed by atoms with Gasteiger partial charge < -0.3 is 14.8 Å². The molecule has 1 aromatic heterocycles. The Morgan fingerprint density at radius 1 is 1.21 bits per heavy atom. The summed E-state index contributed by atoms with van der Waals surface area (Å²) in [6, 6.07) is 10.9. The average molecular weight is 419 g/mol. The molecule has 2 aromatic carbocycles. The van der Waals surface area contributed by atoms with Gasteiger partial charge in [-0.25, -0.2) is 0 Å². The first kappa shape index (κ1) is 20.0. The molecule has 1 heterocycles. The van der Waals surface area contributed by atoms with E-state index in [9.17, 15) is 4.79 Å². The molecule has 28 heavy (non-hydrogen) atoms. The van der Waals surface area contributed by atoms with Crippen molar-refractivity contribution in [2.75, 3.05) is 25.3 Å². The van der Waals surface area contributed by atoms with E-state index in [2.05, 4.69) is 15.5 Å². The molecule has 146 valence electrons. The largest absolute Gasteiger partial charge is 0.497 e. The van der Waals surface area contributed by atoms with E-state index in [1.165, 1.54) is 11.8 Å². The van der Waals surface area contributed by atoms with Gasteiger partial charge in [-0.05, 0) is 36.8 Å². The molecule has 1 amide bonds. The second-order valence-electron chi connectivity index (χ2n) is 5.82. The highest BCUT2D eigenvalue weighted by Crippen LogP contribution is 2.29. The van der Waals surface area contributed by atoms with Gasteiger partial charge in [-0.3, -0.25) is 9.36 Å². The van der Waals surface area contributed by atoms with Gasteiger partial charge >= 0.3 is 0 Å². The lowest BCUT2D eigenvalue weighted by atomic mass is 10.2. The number of hydrogen-bond donors (Lipinski definition) is 1. The van der Waals surface area contributed by atoms with Crippen molar-refractivity contribution in [3.05, 3.63) is 53.3 Å². The van der Waals surface area contributed by atoms with Crippen molar-refractivity contribution >= 4 is 35.0 Å². The second kappa shape index (κ2) is 8.99. The third kappa shape index (κ3) is 4.58. The summed E-state index contributed by atoms with van der Waals surface area (Å²) in [5.41, 5.74) is 2.36. The number of nitrogens with zero attached hydrogens (tertiary/aromatic N) is 3. The summed E-state index contributed by atoms with van der Waals surface area (Å²) >= 11 is 7.48. The Hall–Kier alpha value is -2.71. The summed E-state index contributed by atoms with van der Waals surface area (Å²) in [5.74, 6) is 1.13. The normalized spacial score (nSPS) is 10.6. The molecule has 0 aliphatic carbocycles. The Morgan fingerprint density at radius 3 is 2.75 bits per heavy atom. The van der Waals surface area contributed by atoms with Gasteiger partial charge in [-0.1, -0.05) is 29.4 Å². The third-order valence-corrected chi connectivity index (χ3v) is 5.31. The van der Waals surface area contributed by atoms with Gasteiger partial charge in [0.05, 0.1) is 31.3 Å². The lowest BCUT2D eigenvalue weighted by Crippen LogP contribution is -2.15. The minimum atomic E-state index is -0.201. The summed E-state index contributed by atoms with van der Waals surface area (Å²) in [7, 11) is 3.11. The average Bonchev–Trinajstić information content (AvgIpc) is 3.17. The molecule has 0 saturated carbocycles. The molecule has 9 heteroatoms. The van der Waals surface area contributed by atoms with E-state index in [0.29, 0.717) is 27.4 Å². The van der Waals surface area contributed by atoms with Crippen LogP contribution < -0.4 is 14.8 Å². The van der Waals surface area contributed by atoms with Crippen LogP contribution in [-0.2, 0) is 4.79 Å². The summed E-state index contributed by atoms with van der Waals surface area (Å²) in [6.07, 6.45) is 1.59. The fraction of sp³-hybridized carbons (Fsp3) is 0.211. The highest BCUT2D eigenvalue weighted by Gasteiger charge is 2.13. The number of carbonyl (C=O) groups excluding carboxylic acids is 1. The Kier molecular flexibility index (Phi) is 6.43. The lowest BCUT2D eigenvalue weighted by Gasteiger charge is -2.12. The number of halogens is 1. The molecule has 0 unspecified atom stereocenters. The van der Waals surface area contributed by atoms with Crippen LogP contribution >= 0.6 is 23.4 Å². The first-order chi connectivity index (χ1) is 13.5. The zero-order chi connectivity index (χ0) is 20.1.